The molecule has 10 heteroatoms. The normalized spacial score (nSPS) is 20.6. The van der Waals surface area contributed by atoms with Crippen LogP contribution in [0.4, 0.5) is 5.95 Å². The van der Waals surface area contributed by atoms with Gasteiger partial charge in [0.2, 0.25) is 11.8 Å². The van der Waals surface area contributed by atoms with Gasteiger partial charge in [0.15, 0.2) is 17.0 Å². The molecule has 4 N–H and O–H groups in total. The second-order valence-electron chi connectivity index (χ2n) is 7.47. The molecule has 0 bridgehead atoms. The molecular weight excluding hydrogens is 412 g/mol. The van der Waals surface area contributed by atoms with Gasteiger partial charge in [-0.05, 0) is 17.7 Å². The number of aromatic nitrogens is 5. The minimum absolute atomic E-state index is 0.0199. The molecular formula is C22H22N6O4. The first kappa shape index (κ1) is 20.3. The molecule has 4 heterocycles. The summed E-state index contributed by atoms with van der Waals surface area (Å²) in [5.74, 6) is 0.733. The Morgan fingerprint density at radius 2 is 1.91 bits per heavy atom. The van der Waals surface area contributed by atoms with E-state index in [9.17, 15) is 10.2 Å². The summed E-state index contributed by atoms with van der Waals surface area (Å²) in [6.45, 7) is -0.0187. The van der Waals surface area contributed by atoms with Crippen LogP contribution in [0, 0.1) is 0 Å². The third-order valence-electron chi connectivity index (χ3n) is 5.31. The lowest BCUT2D eigenvalue weighted by molar-refractivity contribution is -0.0427. The molecule has 1 aromatic carbocycles. The molecule has 0 spiro atoms. The predicted octanol–water partition coefficient (Wildman–Crippen LogP) is 1.69. The molecule has 3 atom stereocenters. The zero-order chi connectivity index (χ0) is 22.1. The van der Waals surface area contributed by atoms with Gasteiger partial charge in [0.05, 0.1) is 12.7 Å². The minimum Gasteiger partial charge on any atom is -0.471 e. The topological polar surface area (TPSA) is 141 Å². The van der Waals surface area contributed by atoms with Crippen LogP contribution >= 0.6 is 0 Å². The van der Waals surface area contributed by atoms with Gasteiger partial charge in [-0.3, -0.25) is 9.55 Å². The number of nitrogen functional groups attached to an aromatic ring is 1. The van der Waals surface area contributed by atoms with Gasteiger partial charge in [-0.1, -0.05) is 36.4 Å². The van der Waals surface area contributed by atoms with E-state index in [-0.39, 0.29) is 31.5 Å². The molecule has 1 fully saturated rings. The highest BCUT2D eigenvalue weighted by molar-refractivity contribution is 5.82. The lowest BCUT2D eigenvalue weighted by Crippen LogP contribution is -2.24. The molecule has 4 aromatic rings. The number of hydrogen-bond acceptors (Lipinski definition) is 9. The van der Waals surface area contributed by atoms with Gasteiger partial charge in [0.1, 0.15) is 24.6 Å². The standard InChI is InChI=1S/C22H22N6O4/c23-22-26-20-18(21(27-22)31-12-13-6-2-1-3-7-13)25-19(14-8-4-5-9-24-14)28(20)17-10-15(30)16(11-29)32-17/h1-9,15-17,29-30H,10-12H2,(H2,23,26,27)/t15-,16+,17+/m0/s1. The number of hydrogen-bond donors (Lipinski definition) is 3. The van der Waals surface area contributed by atoms with Crippen LogP contribution in [0.2, 0.25) is 0 Å². The Morgan fingerprint density at radius 1 is 1.09 bits per heavy atom. The number of rotatable bonds is 6. The van der Waals surface area contributed by atoms with E-state index >= 15 is 0 Å². The summed E-state index contributed by atoms with van der Waals surface area (Å²) in [7, 11) is 0. The molecule has 32 heavy (non-hydrogen) atoms. The highest BCUT2D eigenvalue weighted by atomic mass is 16.5. The van der Waals surface area contributed by atoms with Crippen LogP contribution in [0.25, 0.3) is 22.7 Å². The molecule has 1 aliphatic rings. The number of fused-ring (bicyclic) bond motifs is 1. The van der Waals surface area contributed by atoms with Crippen LogP contribution in [0.3, 0.4) is 0 Å². The maximum Gasteiger partial charge on any atom is 0.247 e. The van der Waals surface area contributed by atoms with Crippen LogP contribution in [0.15, 0.2) is 54.7 Å². The van der Waals surface area contributed by atoms with E-state index in [0.29, 0.717) is 22.7 Å². The van der Waals surface area contributed by atoms with Crippen LogP contribution in [0.1, 0.15) is 18.2 Å². The zero-order valence-corrected chi connectivity index (χ0v) is 17.1. The van der Waals surface area contributed by atoms with Crippen molar-refractivity contribution in [2.24, 2.45) is 0 Å². The van der Waals surface area contributed by atoms with Gasteiger partial charge in [0.25, 0.3) is 0 Å². The molecule has 10 nitrogen and oxygen atoms in total. The first-order valence-corrected chi connectivity index (χ1v) is 10.2. The number of ether oxygens (including phenoxy) is 2. The van der Waals surface area contributed by atoms with Gasteiger partial charge in [-0.2, -0.15) is 9.97 Å². The predicted molar refractivity (Wildman–Crippen MR) is 115 cm³/mol. The number of aliphatic hydroxyl groups excluding tert-OH is 2. The monoisotopic (exact) mass is 434 g/mol. The molecule has 0 radical (unpaired) electrons. The smallest absolute Gasteiger partial charge is 0.247 e. The Labute approximate surface area is 183 Å². The molecule has 0 aliphatic carbocycles. The fourth-order valence-electron chi connectivity index (χ4n) is 3.78. The number of aliphatic hydroxyl groups is 2. The van der Waals surface area contributed by atoms with Crippen molar-refractivity contribution in [2.45, 2.75) is 31.5 Å². The highest BCUT2D eigenvalue weighted by Crippen LogP contribution is 2.37. The van der Waals surface area contributed by atoms with Crippen molar-refractivity contribution >= 4 is 17.1 Å². The van der Waals surface area contributed by atoms with Gasteiger partial charge < -0.3 is 25.4 Å². The van der Waals surface area contributed by atoms with E-state index in [1.165, 1.54) is 0 Å². The maximum absolute atomic E-state index is 10.3. The molecule has 3 aromatic heterocycles. The lowest BCUT2D eigenvalue weighted by atomic mass is 10.2. The van der Waals surface area contributed by atoms with Gasteiger partial charge >= 0.3 is 0 Å². The SMILES string of the molecule is Nc1nc(OCc2ccccc2)c2nc(-c3ccccn3)n([C@H]3C[C@H](O)[C@@H](CO)O3)c2n1. The summed E-state index contributed by atoms with van der Waals surface area (Å²) in [6, 6.07) is 15.1. The average Bonchev–Trinajstić information content (AvgIpc) is 3.38. The first-order valence-electron chi connectivity index (χ1n) is 10.2. The van der Waals surface area contributed by atoms with E-state index in [4.69, 9.17) is 20.2 Å². The molecule has 0 saturated carbocycles. The number of nitrogens with two attached hydrogens (primary N) is 1. The Balaban J connectivity index is 1.62. The van der Waals surface area contributed by atoms with Crippen molar-refractivity contribution in [3.05, 3.63) is 60.3 Å². The maximum atomic E-state index is 10.3. The number of anilines is 1. The third-order valence-corrected chi connectivity index (χ3v) is 5.31. The molecule has 1 aliphatic heterocycles. The molecule has 5 rings (SSSR count). The Kier molecular flexibility index (Phi) is 5.39. The summed E-state index contributed by atoms with van der Waals surface area (Å²) >= 11 is 0. The van der Waals surface area contributed by atoms with E-state index in [1.54, 1.807) is 16.8 Å². The van der Waals surface area contributed by atoms with Crippen molar-refractivity contribution in [3.63, 3.8) is 0 Å². The summed E-state index contributed by atoms with van der Waals surface area (Å²) in [5, 5.41) is 19.8. The second-order valence-corrected chi connectivity index (χ2v) is 7.47. The van der Waals surface area contributed by atoms with E-state index in [0.717, 1.165) is 5.56 Å². The number of pyridine rings is 1. The first-order chi connectivity index (χ1) is 15.6. The highest BCUT2D eigenvalue weighted by Gasteiger charge is 2.37. The summed E-state index contributed by atoms with van der Waals surface area (Å²) in [5.41, 5.74) is 8.36. The van der Waals surface area contributed by atoms with Crippen molar-refractivity contribution in [1.82, 2.24) is 24.5 Å². The number of benzene rings is 1. The molecule has 1 saturated heterocycles. The van der Waals surface area contributed by atoms with Gasteiger partial charge in [0, 0.05) is 12.6 Å². The van der Waals surface area contributed by atoms with Crippen molar-refractivity contribution in [2.75, 3.05) is 12.3 Å². The third kappa shape index (κ3) is 3.75. The van der Waals surface area contributed by atoms with Crippen LogP contribution < -0.4 is 10.5 Å². The number of imidazole rings is 1. The second kappa shape index (κ2) is 8.50. The largest absolute Gasteiger partial charge is 0.471 e. The fraction of sp³-hybridized carbons (Fsp3) is 0.273. The van der Waals surface area contributed by atoms with Crippen LogP contribution in [-0.2, 0) is 11.3 Å². The van der Waals surface area contributed by atoms with Gasteiger partial charge in [-0.15, -0.1) is 0 Å². The summed E-state index contributed by atoms with van der Waals surface area (Å²) in [4.78, 5) is 17.8. The summed E-state index contributed by atoms with van der Waals surface area (Å²) in [6.07, 6.45) is -0.248. The van der Waals surface area contributed by atoms with Crippen molar-refractivity contribution in [3.8, 4) is 17.4 Å². The average molecular weight is 434 g/mol. The fourth-order valence-corrected chi connectivity index (χ4v) is 3.78. The Morgan fingerprint density at radius 3 is 2.62 bits per heavy atom. The molecule has 0 unspecified atom stereocenters. The van der Waals surface area contributed by atoms with E-state index < -0.39 is 18.4 Å². The molecule has 164 valence electrons. The quantitative estimate of drug-likeness (QED) is 0.413. The van der Waals surface area contributed by atoms with E-state index in [2.05, 4.69) is 15.0 Å². The van der Waals surface area contributed by atoms with E-state index in [1.807, 2.05) is 42.5 Å². The summed E-state index contributed by atoms with van der Waals surface area (Å²) < 4.78 is 13.6. The number of nitrogens with zero attached hydrogens (tertiary/aromatic N) is 5. The zero-order valence-electron chi connectivity index (χ0n) is 17.1. The Hall–Kier alpha value is -3.60. The van der Waals surface area contributed by atoms with Crippen molar-refractivity contribution < 1.29 is 19.7 Å². The minimum atomic E-state index is -0.827. The molecule has 0 amide bonds. The van der Waals surface area contributed by atoms with Crippen LogP contribution in [-0.4, -0.2) is 53.5 Å². The van der Waals surface area contributed by atoms with Crippen molar-refractivity contribution in [1.29, 1.82) is 0 Å². The lowest BCUT2D eigenvalue weighted by Gasteiger charge is -2.16. The van der Waals surface area contributed by atoms with Crippen LogP contribution in [0.5, 0.6) is 5.88 Å². The van der Waals surface area contributed by atoms with Gasteiger partial charge in [-0.25, -0.2) is 4.98 Å². The Bertz CT molecular complexity index is 1220.